The molecule has 8 heteroatoms. The Balaban J connectivity index is 1.78. The number of hydrogen-bond donors (Lipinski definition) is 2. The van der Waals surface area contributed by atoms with E-state index in [9.17, 15) is 9.00 Å². The van der Waals surface area contributed by atoms with Crippen molar-refractivity contribution in [1.82, 2.24) is 20.4 Å². The minimum absolute atomic E-state index is 0.168. The van der Waals surface area contributed by atoms with Gasteiger partial charge in [-0.25, -0.2) is 0 Å². The molecule has 2 N–H and O–H groups in total. The highest BCUT2D eigenvalue weighted by Crippen LogP contribution is 2.22. The number of nitrogens with zero attached hydrogens (tertiary/aromatic N) is 3. The highest BCUT2D eigenvalue weighted by atomic mass is 32.2. The maximum Gasteiger partial charge on any atom is 0.219 e. The molecule has 7 nitrogen and oxygen atoms in total. The van der Waals surface area contributed by atoms with Gasteiger partial charge in [0, 0.05) is 74.0 Å². The van der Waals surface area contributed by atoms with Crippen molar-refractivity contribution in [2.45, 2.75) is 57.7 Å². The van der Waals surface area contributed by atoms with Gasteiger partial charge in [0.15, 0.2) is 5.96 Å². The third-order valence-electron chi connectivity index (χ3n) is 5.47. The van der Waals surface area contributed by atoms with E-state index in [1.807, 2.05) is 11.8 Å². The van der Waals surface area contributed by atoms with E-state index in [-0.39, 0.29) is 5.91 Å². The fourth-order valence-electron chi connectivity index (χ4n) is 3.85. The van der Waals surface area contributed by atoms with Crippen LogP contribution in [0.1, 0.15) is 46.5 Å². The molecule has 156 valence electrons. The van der Waals surface area contributed by atoms with Gasteiger partial charge >= 0.3 is 0 Å². The maximum absolute atomic E-state index is 12.1. The topological polar surface area (TPSA) is 77.0 Å². The van der Waals surface area contributed by atoms with Crippen molar-refractivity contribution in [1.29, 1.82) is 0 Å². The van der Waals surface area contributed by atoms with E-state index >= 15 is 0 Å². The van der Waals surface area contributed by atoms with Crippen LogP contribution in [-0.4, -0.2) is 88.7 Å². The highest BCUT2D eigenvalue weighted by Gasteiger charge is 2.26. The first-order valence-electron chi connectivity index (χ1n) is 10.4. The zero-order chi connectivity index (χ0) is 19.6. The predicted octanol–water partition coefficient (Wildman–Crippen LogP) is 0.785. The van der Waals surface area contributed by atoms with Crippen LogP contribution in [0.25, 0.3) is 0 Å². The molecule has 0 radical (unpaired) electrons. The van der Waals surface area contributed by atoms with Crippen molar-refractivity contribution >= 4 is 22.7 Å². The second-order valence-corrected chi connectivity index (χ2v) is 9.41. The van der Waals surface area contributed by atoms with Gasteiger partial charge in [0.1, 0.15) is 0 Å². The Labute approximate surface area is 166 Å². The molecule has 1 aliphatic carbocycles. The van der Waals surface area contributed by atoms with Crippen molar-refractivity contribution in [3.63, 3.8) is 0 Å². The van der Waals surface area contributed by atoms with Crippen LogP contribution in [0.2, 0.25) is 0 Å². The summed E-state index contributed by atoms with van der Waals surface area (Å²) >= 11 is 0. The number of rotatable bonds is 7. The van der Waals surface area contributed by atoms with E-state index in [0.717, 1.165) is 83.2 Å². The Bertz CT molecular complexity index is 520. The van der Waals surface area contributed by atoms with E-state index in [2.05, 4.69) is 22.5 Å². The van der Waals surface area contributed by atoms with Crippen LogP contribution in [-0.2, 0) is 15.6 Å². The number of aliphatic imine (C=N–C) groups is 1. The first-order valence-corrected chi connectivity index (χ1v) is 11.8. The van der Waals surface area contributed by atoms with Gasteiger partial charge in [-0.15, -0.1) is 0 Å². The number of carbonyl (C=O) groups excluding carboxylic acids is 1. The average Bonchev–Trinajstić information content (AvgIpc) is 2.68. The monoisotopic (exact) mass is 399 g/mol. The zero-order valence-corrected chi connectivity index (χ0v) is 18.0. The first kappa shape index (κ1) is 22.1. The molecule has 0 spiro atoms. The Hall–Kier alpha value is -1.15. The second-order valence-electron chi connectivity index (χ2n) is 7.41. The van der Waals surface area contributed by atoms with E-state index in [1.54, 1.807) is 6.92 Å². The molecule has 2 fully saturated rings. The van der Waals surface area contributed by atoms with Crippen molar-refractivity contribution < 1.29 is 9.00 Å². The van der Waals surface area contributed by atoms with Crippen LogP contribution >= 0.6 is 0 Å². The van der Waals surface area contributed by atoms with E-state index in [0.29, 0.717) is 11.3 Å². The molecule has 1 amide bonds. The number of hydrogen-bond acceptors (Lipinski definition) is 4. The fraction of sp³-hybridized carbons (Fsp3) is 0.895. The van der Waals surface area contributed by atoms with Gasteiger partial charge < -0.3 is 15.5 Å². The molecule has 0 aromatic rings. The van der Waals surface area contributed by atoms with Gasteiger partial charge in [-0.1, -0.05) is 13.3 Å². The summed E-state index contributed by atoms with van der Waals surface area (Å²) in [6.45, 7) is 11.7. The lowest BCUT2D eigenvalue weighted by molar-refractivity contribution is -0.130. The zero-order valence-electron chi connectivity index (χ0n) is 17.2. The van der Waals surface area contributed by atoms with Crippen molar-refractivity contribution in [2.24, 2.45) is 4.99 Å². The molecular formula is C19H37N5O2S. The summed E-state index contributed by atoms with van der Waals surface area (Å²) in [6.07, 6.45) is 4.30. The number of guanidine groups is 1. The maximum atomic E-state index is 12.1. The van der Waals surface area contributed by atoms with Gasteiger partial charge in [0.05, 0.1) is 6.54 Å². The number of piperazine rings is 1. The van der Waals surface area contributed by atoms with E-state index in [4.69, 9.17) is 4.99 Å². The third-order valence-corrected chi connectivity index (χ3v) is 7.21. The van der Waals surface area contributed by atoms with Crippen molar-refractivity contribution in [2.75, 3.05) is 51.6 Å². The van der Waals surface area contributed by atoms with E-state index in [1.165, 1.54) is 0 Å². The molecule has 0 aromatic carbocycles. The summed E-state index contributed by atoms with van der Waals surface area (Å²) < 4.78 is 12.1. The Kier molecular flexibility index (Phi) is 9.54. The smallest absolute Gasteiger partial charge is 0.219 e. The molecule has 1 saturated heterocycles. The minimum atomic E-state index is -0.703. The lowest BCUT2D eigenvalue weighted by atomic mass is 9.95. The van der Waals surface area contributed by atoms with Gasteiger partial charge in [-0.05, 0) is 26.2 Å². The Morgan fingerprint density at radius 2 is 1.93 bits per heavy atom. The number of nitrogens with one attached hydrogen (secondary N) is 2. The predicted molar refractivity (Wildman–Crippen MR) is 113 cm³/mol. The van der Waals surface area contributed by atoms with Gasteiger partial charge in [-0.3, -0.25) is 18.9 Å². The summed E-state index contributed by atoms with van der Waals surface area (Å²) in [5.41, 5.74) is 0. The molecule has 0 bridgehead atoms. The molecule has 1 heterocycles. The van der Waals surface area contributed by atoms with Gasteiger partial charge in [-0.2, -0.15) is 0 Å². The molecule has 3 unspecified atom stereocenters. The minimum Gasteiger partial charge on any atom is -0.357 e. The number of carbonyl (C=O) groups is 1. The molecule has 1 saturated carbocycles. The highest BCUT2D eigenvalue weighted by molar-refractivity contribution is 7.85. The largest absolute Gasteiger partial charge is 0.357 e. The third kappa shape index (κ3) is 7.41. The van der Waals surface area contributed by atoms with Crippen LogP contribution in [0.4, 0.5) is 0 Å². The lowest BCUT2D eigenvalue weighted by Gasteiger charge is -2.34. The fourth-order valence-corrected chi connectivity index (χ4v) is 5.20. The van der Waals surface area contributed by atoms with E-state index < -0.39 is 10.8 Å². The molecule has 1 aliphatic heterocycles. The molecule has 3 atom stereocenters. The van der Waals surface area contributed by atoms with Gasteiger partial charge in [0.25, 0.3) is 0 Å². The molecule has 2 aliphatic rings. The summed E-state index contributed by atoms with van der Waals surface area (Å²) in [5.74, 6) is 1.79. The molecular weight excluding hydrogens is 362 g/mol. The molecule has 2 rings (SSSR count). The van der Waals surface area contributed by atoms with Crippen LogP contribution in [0.3, 0.4) is 0 Å². The second kappa shape index (κ2) is 11.6. The average molecular weight is 400 g/mol. The normalized spacial score (nSPS) is 25.9. The standard InChI is InChI=1S/C19H37N5O2S/c1-4-20-19(22-17-7-6-8-18(15-17)27(26)5-2)21-9-10-23-11-13-24(14-12-23)16(3)25/h17-18H,4-15H2,1-3H3,(H2,20,21,22). The van der Waals surface area contributed by atoms with Crippen molar-refractivity contribution in [3.05, 3.63) is 0 Å². The van der Waals surface area contributed by atoms with Crippen LogP contribution in [0.15, 0.2) is 4.99 Å². The summed E-state index contributed by atoms with van der Waals surface area (Å²) in [7, 11) is -0.703. The quantitative estimate of drug-likeness (QED) is 0.489. The Morgan fingerprint density at radius 3 is 2.56 bits per heavy atom. The van der Waals surface area contributed by atoms with Crippen LogP contribution in [0, 0.1) is 0 Å². The Morgan fingerprint density at radius 1 is 1.19 bits per heavy atom. The molecule has 0 aromatic heterocycles. The summed E-state index contributed by atoms with van der Waals surface area (Å²) in [5, 5.41) is 7.22. The number of amides is 1. The SMILES string of the molecule is CCNC(=NCCN1CCN(C(C)=O)CC1)NC1CCCC(S(=O)CC)C1. The molecule has 27 heavy (non-hydrogen) atoms. The summed E-state index contributed by atoms with van der Waals surface area (Å²) in [4.78, 5) is 20.4. The van der Waals surface area contributed by atoms with Crippen LogP contribution < -0.4 is 10.6 Å². The lowest BCUT2D eigenvalue weighted by Crippen LogP contribution is -2.49. The summed E-state index contributed by atoms with van der Waals surface area (Å²) in [6, 6.07) is 0.358. The van der Waals surface area contributed by atoms with Crippen molar-refractivity contribution in [3.8, 4) is 0 Å². The van der Waals surface area contributed by atoms with Gasteiger partial charge in [0.2, 0.25) is 5.91 Å². The van der Waals surface area contributed by atoms with Crippen LogP contribution in [0.5, 0.6) is 0 Å². The first-order chi connectivity index (χ1) is 13.0.